The fourth-order valence-electron chi connectivity index (χ4n) is 3.00. The summed E-state index contributed by atoms with van der Waals surface area (Å²) in [4.78, 5) is 0. The number of hydrogen-bond acceptors (Lipinski definition) is 2. The van der Waals surface area contributed by atoms with Crippen LogP contribution in [0.4, 0.5) is 8.78 Å². The highest BCUT2D eigenvalue weighted by atomic mass is 32.2. The number of aliphatic hydroxyl groups is 1. The molecule has 3 rings (SSSR count). The van der Waals surface area contributed by atoms with Crippen molar-refractivity contribution in [3.05, 3.63) is 35.4 Å². The van der Waals surface area contributed by atoms with Gasteiger partial charge in [-0.2, -0.15) is 11.8 Å². The van der Waals surface area contributed by atoms with Crippen LogP contribution in [0.5, 0.6) is 0 Å². The first-order valence-corrected chi connectivity index (χ1v) is 6.84. The SMILES string of the molecule is OC1(c2ccc(F)cc2F)CC2CCC(C1)S2. The predicted molar refractivity (Wildman–Crippen MR) is 63.9 cm³/mol. The predicted octanol–water partition coefficient (Wildman–Crippen LogP) is 3.21. The highest BCUT2D eigenvalue weighted by Crippen LogP contribution is 2.51. The summed E-state index contributed by atoms with van der Waals surface area (Å²) in [6.07, 6.45) is 3.36. The van der Waals surface area contributed by atoms with Crippen LogP contribution in [0, 0.1) is 11.6 Å². The lowest BCUT2D eigenvalue weighted by Gasteiger charge is -2.36. The minimum Gasteiger partial charge on any atom is -0.385 e. The van der Waals surface area contributed by atoms with Crippen LogP contribution in [0.15, 0.2) is 18.2 Å². The minimum absolute atomic E-state index is 0.260. The largest absolute Gasteiger partial charge is 0.385 e. The molecule has 2 atom stereocenters. The van der Waals surface area contributed by atoms with Crippen LogP contribution in [0.3, 0.4) is 0 Å². The molecule has 2 aliphatic rings. The van der Waals surface area contributed by atoms with E-state index >= 15 is 0 Å². The molecule has 92 valence electrons. The van der Waals surface area contributed by atoms with E-state index in [1.54, 1.807) is 0 Å². The number of benzene rings is 1. The number of halogens is 2. The van der Waals surface area contributed by atoms with Crippen LogP contribution in [-0.2, 0) is 5.60 Å². The molecule has 0 amide bonds. The first-order chi connectivity index (χ1) is 8.07. The average molecular weight is 256 g/mol. The fourth-order valence-corrected chi connectivity index (χ4v) is 4.84. The van der Waals surface area contributed by atoms with Crippen molar-refractivity contribution in [2.75, 3.05) is 0 Å². The Balaban J connectivity index is 1.97. The summed E-state index contributed by atoms with van der Waals surface area (Å²) in [5, 5.41) is 11.5. The summed E-state index contributed by atoms with van der Waals surface area (Å²) in [5.41, 5.74) is -0.842. The first kappa shape index (κ1) is 11.5. The van der Waals surface area contributed by atoms with Crippen LogP contribution in [-0.4, -0.2) is 15.6 Å². The molecule has 0 saturated carbocycles. The van der Waals surface area contributed by atoms with E-state index in [9.17, 15) is 13.9 Å². The van der Waals surface area contributed by atoms with Gasteiger partial charge in [0.1, 0.15) is 11.6 Å². The van der Waals surface area contributed by atoms with Crippen molar-refractivity contribution in [1.29, 1.82) is 0 Å². The van der Waals surface area contributed by atoms with Gasteiger partial charge in [-0.15, -0.1) is 0 Å². The summed E-state index contributed by atoms with van der Waals surface area (Å²) in [5.74, 6) is -1.22. The van der Waals surface area contributed by atoms with E-state index < -0.39 is 17.2 Å². The second-order valence-corrected chi connectivity index (χ2v) is 6.63. The van der Waals surface area contributed by atoms with Gasteiger partial charge < -0.3 is 5.11 Å². The summed E-state index contributed by atoms with van der Waals surface area (Å²) < 4.78 is 26.6. The molecule has 2 bridgehead atoms. The minimum atomic E-state index is -1.10. The molecule has 2 fully saturated rings. The molecule has 0 aromatic heterocycles. The normalized spacial score (nSPS) is 36.2. The Labute approximate surface area is 103 Å². The van der Waals surface area contributed by atoms with Gasteiger partial charge in [0.2, 0.25) is 0 Å². The molecule has 1 N–H and O–H groups in total. The number of hydrogen-bond donors (Lipinski definition) is 1. The standard InChI is InChI=1S/C13H14F2OS/c14-8-1-4-11(12(15)5-8)13(16)6-9-2-3-10(7-13)17-9/h1,4-5,9-10,16H,2-3,6-7H2. The Hall–Kier alpha value is -0.610. The second-order valence-electron chi connectivity index (χ2n) is 5.02. The number of rotatable bonds is 1. The van der Waals surface area contributed by atoms with Crippen LogP contribution < -0.4 is 0 Å². The van der Waals surface area contributed by atoms with Crippen molar-refractivity contribution in [1.82, 2.24) is 0 Å². The average Bonchev–Trinajstić information content (AvgIpc) is 2.58. The maximum absolute atomic E-state index is 13.7. The van der Waals surface area contributed by atoms with E-state index in [-0.39, 0.29) is 5.56 Å². The van der Waals surface area contributed by atoms with Gasteiger partial charge in [0.25, 0.3) is 0 Å². The molecule has 4 heteroatoms. The van der Waals surface area contributed by atoms with Crippen molar-refractivity contribution in [2.45, 2.75) is 41.8 Å². The van der Waals surface area contributed by atoms with Gasteiger partial charge in [-0.3, -0.25) is 0 Å². The molecule has 1 aromatic rings. The lowest BCUT2D eigenvalue weighted by molar-refractivity contribution is 0.0161. The molecule has 0 spiro atoms. The molecule has 1 nitrogen and oxygen atoms in total. The van der Waals surface area contributed by atoms with E-state index in [0.717, 1.165) is 18.9 Å². The number of thioether (sulfide) groups is 1. The maximum atomic E-state index is 13.7. The quantitative estimate of drug-likeness (QED) is 0.832. The van der Waals surface area contributed by atoms with Gasteiger partial charge >= 0.3 is 0 Å². The van der Waals surface area contributed by atoms with E-state index in [4.69, 9.17) is 0 Å². The lowest BCUT2D eigenvalue weighted by atomic mass is 9.85. The molecule has 0 radical (unpaired) electrons. The summed E-state index contributed by atoms with van der Waals surface area (Å²) in [7, 11) is 0. The molecular weight excluding hydrogens is 242 g/mol. The first-order valence-electron chi connectivity index (χ1n) is 5.90. The molecule has 17 heavy (non-hydrogen) atoms. The molecule has 1 aromatic carbocycles. The topological polar surface area (TPSA) is 20.2 Å². The molecule has 2 unspecified atom stereocenters. The van der Waals surface area contributed by atoms with Gasteiger partial charge in [0.05, 0.1) is 5.60 Å². The van der Waals surface area contributed by atoms with Crippen molar-refractivity contribution in [2.24, 2.45) is 0 Å². The number of fused-ring (bicyclic) bond motifs is 2. The van der Waals surface area contributed by atoms with Gasteiger partial charge in [-0.25, -0.2) is 8.78 Å². The Morgan fingerprint density at radius 1 is 1.18 bits per heavy atom. The van der Waals surface area contributed by atoms with Gasteiger partial charge in [0.15, 0.2) is 0 Å². The van der Waals surface area contributed by atoms with Crippen LogP contribution in [0.2, 0.25) is 0 Å². The van der Waals surface area contributed by atoms with Crippen LogP contribution >= 0.6 is 11.8 Å². The van der Waals surface area contributed by atoms with Crippen molar-refractivity contribution < 1.29 is 13.9 Å². The third kappa shape index (κ3) is 1.97. The Morgan fingerprint density at radius 3 is 2.41 bits per heavy atom. The second kappa shape index (κ2) is 3.95. The van der Waals surface area contributed by atoms with Crippen molar-refractivity contribution in [3.63, 3.8) is 0 Å². The highest BCUT2D eigenvalue weighted by Gasteiger charge is 2.45. The maximum Gasteiger partial charge on any atom is 0.132 e. The van der Waals surface area contributed by atoms with E-state index in [1.165, 1.54) is 12.1 Å². The van der Waals surface area contributed by atoms with Crippen molar-refractivity contribution in [3.8, 4) is 0 Å². The monoisotopic (exact) mass is 256 g/mol. The third-order valence-corrected chi connectivity index (χ3v) is 5.33. The third-order valence-electron chi connectivity index (χ3n) is 3.76. The fraction of sp³-hybridized carbons (Fsp3) is 0.538. The zero-order valence-corrected chi connectivity index (χ0v) is 10.1. The zero-order chi connectivity index (χ0) is 12.0. The molecule has 2 saturated heterocycles. The van der Waals surface area contributed by atoms with Gasteiger partial charge in [-0.1, -0.05) is 6.07 Å². The molecular formula is C13H14F2OS. The summed E-state index contributed by atoms with van der Waals surface area (Å²) in [6.45, 7) is 0. The van der Waals surface area contributed by atoms with Crippen LogP contribution in [0.1, 0.15) is 31.2 Å². The van der Waals surface area contributed by atoms with Crippen molar-refractivity contribution >= 4 is 11.8 Å². The lowest BCUT2D eigenvalue weighted by Crippen LogP contribution is -2.35. The Kier molecular flexibility index (Phi) is 2.67. The van der Waals surface area contributed by atoms with E-state index in [1.807, 2.05) is 11.8 Å². The highest BCUT2D eigenvalue weighted by molar-refractivity contribution is 8.00. The smallest absolute Gasteiger partial charge is 0.132 e. The van der Waals surface area contributed by atoms with Gasteiger partial charge in [-0.05, 0) is 31.7 Å². The summed E-state index contributed by atoms with van der Waals surface area (Å²) in [6, 6.07) is 3.47. The Morgan fingerprint density at radius 2 is 1.82 bits per heavy atom. The van der Waals surface area contributed by atoms with Gasteiger partial charge in [0, 0.05) is 22.1 Å². The summed E-state index contributed by atoms with van der Waals surface area (Å²) >= 11 is 1.90. The molecule has 2 aliphatic heterocycles. The Bertz CT molecular complexity index is 437. The molecule has 0 aliphatic carbocycles. The zero-order valence-electron chi connectivity index (χ0n) is 9.33. The van der Waals surface area contributed by atoms with E-state index in [0.29, 0.717) is 23.3 Å². The molecule has 2 heterocycles. The van der Waals surface area contributed by atoms with Crippen LogP contribution in [0.25, 0.3) is 0 Å². The van der Waals surface area contributed by atoms with E-state index in [2.05, 4.69) is 0 Å².